The summed E-state index contributed by atoms with van der Waals surface area (Å²) in [6.07, 6.45) is -1.39. The van der Waals surface area contributed by atoms with E-state index in [0.717, 1.165) is 0 Å². The molecule has 1 saturated carbocycles. The van der Waals surface area contributed by atoms with Crippen molar-refractivity contribution in [3.05, 3.63) is 0 Å². The van der Waals surface area contributed by atoms with E-state index in [1.165, 1.54) is 14.2 Å². The van der Waals surface area contributed by atoms with Crippen LogP contribution in [-0.4, -0.2) is 43.2 Å². The molecule has 0 aromatic rings. The molecule has 1 N–H and O–H groups in total. The van der Waals surface area contributed by atoms with E-state index in [-0.39, 0.29) is 6.42 Å². The van der Waals surface area contributed by atoms with Crippen molar-refractivity contribution in [2.75, 3.05) is 14.2 Å². The molecule has 18 heavy (non-hydrogen) atoms. The second-order valence-electron chi connectivity index (χ2n) is 5.02. The van der Waals surface area contributed by atoms with Crippen molar-refractivity contribution in [3.8, 4) is 0 Å². The first-order chi connectivity index (χ1) is 8.27. The van der Waals surface area contributed by atoms with E-state index in [0.29, 0.717) is 0 Å². The van der Waals surface area contributed by atoms with Gasteiger partial charge in [0.25, 0.3) is 0 Å². The third-order valence-corrected chi connectivity index (χ3v) is 3.55. The summed E-state index contributed by atoms with van der Waals surface area (Å²) in [5, 5.41) is 9.87. The van der Waals surface area contributed by atoms with Crippen LogP contribution in [0.25, 0.3) is 0 Å². The number of carbonyl (C=O) groups is 3. The van der Waals surface area contributed by atoms with E-state index in [9.17, 15) is 19.5 Å². The van der Waals surface area contributed by atoms with Crippen LogP contribution in [0, 0.1) is 17.3 Å². The van der Waals surface area contributed by atoms with Gasteiger partial charge in [0.05, 0.1) is 26.2 Å². The van der Waals surface area contributed by atoms with Gasteiger partial charge in [0.2, 0.25) is 0 Å². The molecule has 0 amide bonds. The maximum Gasteiger partial charge on any atom is 0.316 e. The molecule has 1 rings (SSSR count). The van der Waals surface area contributed by atoms with Gasteiger partial charge in [-0.05, 0) is 0 Å². The predicted octanol–water partition coefficient (Wildman–Crippen LogP) is -0.0753. The molecular weight excluding hydrogens is 240 g/mol. The van der Waals surface area contributed by atoms with Crippen LogP contribution in [0.2, 0.25) is 0 Å². The van der Waals surface area contributed by atoms with Crippen LogP contribution in [0.15, 0.2) is 0 Å². The van der Waals surface area contributed by atoms with Gasteiger partial charge in [-0.3, -0.25) is 14.4 Å². The predicted molar refractivity (Wildman–Crippen MR) is 60.4 cm³/mol. The van der Waals surface area contributed by atoms with Crippen molar-refractivity contribution in [2.45, 2.75) is 26.4 Å². The fourth-order valence-corrected chi connectivity index (χ4v) is 2.67. The fourth-order valence-electron chi connectivity index (χ4n) is 2.67. The second kappa shape index (κ2) is 5.06. The van der Waals surface area contributed by atoms with E-state index >= 15 is 0 Å². The lowest BCUT2D eigenvalue weighted by molar-refractivity contribution is -0.173. The summed E-state index contributed by atoms with van der Waals surface area (Å²) in [5.41, 5.74) is -1.05. The second-order valence-corrected chi connectivity index (χ2v) is 5.02. The maximum atomic E-state index is 11.9. The molecule has 6 nitrogen and oxygen atoms in total. The van der Waals surface area contributed by atoms with E-state index < -0.39 is 41.1 Å². The van der Waals surface area contributed by atoms with Crippen LogP contribution >= 0.6 is 0 Å². The van der Waals surface area contributed by atoms with Crippen LogP contribution in [0.1, 0.15) is 20.3 Å². The third kappa shape index (κ3) is 2.25. The first kappa shape index (κ1) is 14.6. The van der Waals surface area contributed by atoms with E-state index in [4.69, 9.17) is 0 Å². The number of hydrogen-bond donors (Lipinski definition) is 1. The Labute approximate surface area is 105 Å². The molecule has 1 aliphatic rings. The van der Waals surface area contributed by atoms with Gasteiger partial charge >= 0.3 is 11.9 Å². The summed E-state index contributed by atoms with van der Waals surface area (Å²) in [6.45, 7) is 3.16. The topological polar surface area (TPSA) is 89.9 Å². The molecular formula is C12H18O6. The number of rotatable bonds is 2. The number of ketones is 1. The average molecular weight is 258 g/mol. The lowest BCUT2D eigenvalue weighted by Crippen LogP contribution is -2.55. The normalized spacial score (nSPS) is 30.7. The van der Waals surface area contributed by atoms with Crippen molar-refractivity contribution in [1.82, 2.24) is 0 Å². The molecule has 1 fully saturated rings. The monoisotopic (exact) mass is 258 g/mol. The molecule has 1 aliphatic carbocycles. The molecule has 0 spiro atoms. The molecule has 0 heterocycles. The van der Waals surface area contributed by atoms with E-state index in [1.54, 1.807) is 13.8 Å². The lowest BCUT2D eigenvalue weighted by Gasteiger charge is -2.43. The maximum absolute atomic E-state index is 11.9. The van der Waals surface area contributed by atoms with E-state index in [2.05, 4.69) is 9.47 Å². The minimum absolute atomic E-state index is 0.247. The van der Waals surface area contributed by atoms with Crippen molar-refractivity contribution in [3.63, 3.8) is 0 Å². The first-order valence-electron chi connectivity index (χ1n) is 5.63. The number of esters is 2. The molecule has 102 valence electrons. The Hall–Kier alpha value is -1.43. The Balaban J connectivity index is 3.18. The number of aliphatic hydroxyl groups is 1. The summed E-state index contributed by atoms with van der Waals surface area (Å²) in [7, 11) is 2.39. The van der Waals surface area contributed by atoms with Crippen molar-refractivity contribution in [2.24, 2.45) is 17.3 Å². The van der Waals surface area contributed by atoms with Crippen molar-refractivity contribution >= 4 is 17.7 Å². The van der Waals surface area contributed by atoms with Crippen molar-refractivity contribution in [1.29, 1.82) is 0 Å². The highest BCUT2D eigenvalue weighted by Gasteiger charge is 2.56. The molecule has 0 aliphatic heterocycles. The summed E-state index contributed by atoms with van der Waals surface area (Å²) >= 11 is 0. The summed E-state index contributed by atoms with van der Waals surface area (Å²) in [4.78, 5) is 35.3. The Morgan fingerprint density at radius 3 is 2.17 bits per heavy atom. The number of methoxy groups -OCH3 is 2. The standard InChI is InChI=1S/C12H18O6/c1-12(2)8(10(15)17-3)6(13)5-7(14)9(12)11(16)18-4/h6,8-9,13H,5H2,1-4H3. The number of aliphatic hydroxyl groups excluding tert-OH is 1. The van der Waals surface area contributed by atoms with Crippen LogP contribution < -0.4 is 0 Å². The van der Waals surface area contributed by atoms with Crippen LogP contribution in [-0.2, 0) is 23.9 Å². The van der Waals surface area contributed by atoms with Crippen molar-refractivity contribution < 1.29 is 29.0 Å². The molecule has 0 saturated heterocycles. The minimum atomic E-state index is -1.14. The number of carbonyl (C=O) groups excluding carboxylic acids is 3. The smallest absolute Gasteiger partial charge is 0.316 e. The quantitative estimate of drug-likeness (QED) is 0.550. The molecule has 6 heteroatoms. The highest BCUT2D eigenvalue weighted by atomic mass is 16.5. The van der Waals surface area contributed by atoms with Crippen LogP contribution in [0.4, 0.5) is 0 Å². The summed E-state index contributed by atoms with van der Waals surface area (Å²) < 4.78 is 9.23. The van der Waals surface area contributed by atoms with Gasteiger partial charge in [0.1, 0.15) is 11.7 Å². The van der Waals surface area contributed by atoms with Crippen LogP contribution in [0.5, 0.6) is 0 Å². The first-order valence-corrected chi connectivity index (χ1v) is 5.63. The summed E-state index contributed by atoms with van der Waals surface area (Å²) in [5.74, 6) is -3.72. The van der Waals surface area contributed by atoms with Gasteiger partial charge in [-0.2, -0.15) is 0 Å². The Morgan fingerprint density at radius 1 is 1.22 bits per heavy atom. The molecule has 0 bridgehead atoms. The van der Waals surface area contributed by atoms with Gasteiger partial charge < -0.3 is 14.6 Å². The molecule has 0 radical (unpaired) electrons. The molecule has 0 aromatic heterocycles. The fraction of sp³-hybridized carbons (Fsp3) is 0.750. The third-order valence-electron chi connectivity index (χ3n) is 3.55. The zero-order chi connectivity index (χ0) is 14.1. The largest absolute Gasteiger partial charge is 0.469 e. The Bertz CT molecular complexity index is 373. The van der Waals surface area contributed by atoms with Gasteiger partial charge in [0.15, 0.2) is 0 Å². The van der Waals surface area contributed by atoms with Gasteiger partial charge in [0, 0.05) is 11.8 Å². The number of Topliss-reactive ketones (excluding diaryl/α,β-unsaturated/α-hetero) is 1. The van der Waals surface area contributed by atoms with Gasteiger partial charge in [-0.25, -0.2) is 0 Å². The highest BCUT2D eigenvalue weighted by Crippen LogP contribution is 2.44. The molecule has 3 unspecified atom stereocenters. The number of hydrogen-bond acceptors (Lipinski definition) is 6. The van der Waals surface area contributed by atoms with E-state index in [1.807, 2.05) is 0 Å². The lowest BCUT2D eigenvalue weighted by atomic mass is 9.60. The molecule has 3 atom stereocenters. The zero-order valence-corrected chi connectivity index (χ0v) is 10.9. The number of ether oxygens (including phenoxy) is 2. The SMILES string of the molecule is COC(=O)C1C(=O)CC(O)C(C(=O)OC)C1(C)C. The van der Waals surface area contributed by atoms with Gasteiger partial charge in [-0.15, -0.1) is 0 Å². The highest BCUT2D eigenvalue weighted by molar-refractivity contribution is 6.02. The molecule has 0 aromatic carbocycles. The Kier molecular flexibility index (Phi) is 4.11. The average Bonchev–Trinajstić information content (AvgIpc) is 2.26. The summed E-state index contributed by atoms with van der Waals surface area (Å²) in [6, 6.07) is 0. The van der Waals surface area contributed by atoms with Gasteiger partial charge in [-0.1, -0.05) is 13.8 Å². The van der Waals surface area contributed by atoms with Crippen LogP contribution in [0.3, 0.4) is 0 Å². The minimum Gasteiger partial charge on any atom is -0.469 e. The zero-order valence-electron chi connectivity index (χ0n) is 10.9. The Morgan fingerprint density at radius 2 is 1.72 bits per heavy atom.